The summed E-state index contributed by atoms with van der Waals surface area (Å²) < 4.78 is 0. The van der Waals surface area contributed by atoms with Gasteiger partial charge in [0.05, 0.1) is 6.04 Å². The van der Waals surface area contributed by atoms with Gasteiger partial charge in [0.1, 0.15) is 0 Å². The first-order valence-corrected chi connectivity index (χ1v) is 9.33. The number of rotatable bonds is 4. The van der Waals surface area contributed by atoms with Gasteiger partial charge in [0.2, 0.25) is 11.8 Å². The van der Waals surface area contributed by atoms with E-state index in [0.717, 1.165) is 18.7 Å². The molecule has 0 aliphatic carbocycles. The maximum atomic E-state index is 12.9. The first-order chi connectivity index (χ1) is 12.4. The maximum absolute atomic E-state index is 12.9. The second-order valence-corrected chi connectivity index (χ2v) is 7.62. The Labute approximate surface area is 154 Å². The number of nitrogens with one attached hydrogen (secondary N) is 1. The summed E-state index contributed by atoms with van der Waals surface area (Å²) in [7, 11) is 0. The van der Waals surface area contributed by atoms with Gasteiger partial charge in [-0.2, -0.15) is 0 Å². The number of carbonyl (C=O) groups is 3. The first kappa shape index (κ1) is 18.4. The molecule has 0 bridgehead atoms. The number of anilines is 1. The molecule has 6 nitrogen and oxygen atoms in total. The van der Waals surface area contributed by atoms with Crippen molar-refractivity contribution in [2.24, 2.45) is 11.8 Å². The van der Waals surface area contributed by atoms with E-state index in [1.807, 2.05) is 17.0 Å². The van der Waals surface area contributed by atoms with E-state index in [0.29, 0.717) is 31.0 Å². The lowest BCUT2D eigenvalue weighted by Gasteiger charge is -2.21. The summed E-state index contributed by atoms with van der Waals surface area (Å²) in [6, 6.07) is 7.27. The Kier molecular flexibility index (Phi) is 5.30. The third-order valence-corrected chi connectivity index (χ3v) is 5.40. The first-order valence-electron chi connectivity index (χ1n) is 9.33. The van der Waals surface area contributed by atoms with E-state index >= 15 is 0 Å². The Morgan fingerprint density at radius 1 is 1.15 bits per heavy atom. The van der Waals surface area contributed by atoms with Crippen molar-refractivity contribution in [1.82, 2.24) is 10.2 Å². The van der Waals surface area contributed by atoms with E-state index < -0.39 is 0 Å². The Morgan fingerprint density at radius 2 is 1.85 bits per heavy atom. The van der Waals surface area contributed by atoms with Crippen LogP contribution in [-0.2, 0) is 9.59 Å². The van der Waals surface area contributed by atoms with Crippen molar-refractivity contribution in [2.75, 3.05) is 24.5 Å². The quantitative estimate of drug-likeness (QED) is 0.897. The van der Waals surface area contributed by atoms with E-state index in [-0.39, 0.29) is 29.7 Å². The van der Waals surface area contributed by atoms with Crippen LogP contribution in [0.5, 0.6) is 0 Å². The molecular formula is C20H27N3O3. The smallest absolute Gasteiger partial charge is 0.253 e. The summed E-state index contributed by atoms with van der Waals surface area (Å²) in [6.45, 7) is 7.68. The van der Waals surface area contributed by atoms with Gasteiger partial charge in [-0.3, -0.25) is 14.4 Å². The topological polar surface area (TPSA) is 69.7 Å². The van der Waals surface area contributed by atoms with Crippen molar-refractivity contribution in [3.63, 3.8) is 0 Å². The number of benzene rings is 1. The average molecular weight is 357 g/mol. The molecule has 1 aromatic carbocycles. The number of hydrogen-bond acceptors (Lipinski definition) is 3. The van der Waals surface area contributed by atoms with Gasteiger partial charge in [-0.25, -0.2) is 0 Å². The van der Waals surface area contributed by atoms with Crippen molar-refractivity contribution in [1.29, 1.82) is 0 Å². The van der Waals surface area contributed by atoms with Crippen LogP contribution in [0.1, 0.15) is 44.0 Å². The van der Waals surface area contributed by atoms with Crippen LogP contribution >= 0.6 is 0 Å². The van der Waals surface area contributed by atoms with Crippen LogP contribution in [0, 0.1) is 11.8 Å². The van der Waals surface area contributed by atoms with Crippen LogP contribution in [0.25, 0.3) is 0 Å². The van der Waals surface area contributed by atoms with E-state index in [2.05, 4.69) is 19.2 Å². The SMILES string of the molecule is CC(=O)N[C@H]1CN(C(=O)c2ccc(N3CCCC3=O)cc2)C[C@@H]1C(C)C. The highest BCUT2D eigenvalue weighted by molar-refractivity contribution is 5.97. The molecule has 2 saturated heterocycles. The number of hydrogen-bond donors (Lipinski definition) is 1. The highest BCUT2D eigenvalue weighted by Gasteiger charge is 2.37. The van der Waals surface area contributed by atoms with Crippen LogP contribution in [-0.4, -0.2) is 48.3 Å². The van der Waals surface area contributed by atoms with E-state index in [9.17, 15) is 14.4 Å². The molecule has 140 valence electrons. The minimum absolute atomic E-state index is 0.00190. The Hall–Kier alpha value is -2.37. The molecule has 1 N–H and O–H groups in total. The average Bonchev–Trinajstić information content (AvgIpc) is 3.20. The minimum atomic E-state index is -0.0606. The maximum Gasteiger partial charge on any atom is 0.253 e. The van der Waals surface area contributed by atoms with Crippen molar-refractivity contribution in [2.45, 2.75) is 39.7 Å². The molecule has 2 aliphatic heterocycles. The van der Waals surface area contributed by atoms with E-state index in [1.54, 1.807) is 17.0 Å². The third-order valence-electron chi connectivity index (χ3n) is 5.40. The molecule has 0 radical (unpaired) electrons. The van der Waals surface area contributed by atoms with Gasteiger partial charge in [-0.15, -0.1) is 0 Å². The lowest BCUT2D eigenvalue weighted by atomic mass is 9.91. The standard InChI is InChI=1S/C20H27N3O3/c1-13(2)17-11-22(12-18(17)21-14(3)24)20(26)15-6-8-16(9-7-15)23-10-4-5-19(23)25/h6-9,13,17-18H,4-5,10-12H2,1-3H3,(H,21,24)/t17-,18+/m1/s1. The van der Waals surface area contributed by atoms with Gasteiger partial charge >= 0.3 is 0 Å². The van der Waals surface area contributed by atoms with Gasteiger partial charge in [0.25, 0.3) is 5.91 Å². The summed E-state index contributed by atoms with van der Waals surface area (Å²) in [5, 5.41) is 2.98. The van der Waals surface area contributed by atoms with Crippen molar-refractivity contribution < 1.29 is 14.4 Å². The number of nitrogens with zero attached hydrogens (tertiary/aromatic N) is 2. The lowest BCUT2D eigenvalue weighted by Crippen LogP contribution is -2.41. The largest absolute Gasteiger partial charge is 0.351 e. The van der Waals surface area contributed by atoms with Gasteiger partial charge in [-0.1, -0.05) is 13.8 Å². The third kappa shape index (κ3) is 3.74. The molecule has 0 spiro atoms. The Morgan fingerprint density at radius 3 is 2.38 bits per heavy atom. The summed E-state index contributed by atoms with van der Waals surface area (Å²) in [5.41, 5.74) is 1.47. The molecule has 3 amide bonds. The fourth-order valence-corrected chi connectivity index (χ4v) is 3.97. The number of amides is 3. The van der Waals surface area contributed by atoms with Gasteiger partial charge in [0, 0.05) is 50.1 Å². The van der Waals surface area contributed by atoms with Crippen LogP contribution in [0.3, 0.4) is 0 Å². The van der Waals surface area contributed by atoms with Crippen molar-refractivity contribution in [3.05, 3.63) is 29.8 Å². The van der Waals surface area contributed by atoms with Crippen LogP contribution in [0.15, 0.2) is 24.3 Å². The zero-order valence-electron chi connectivity index (χ0n) is 15.7. The molecule has 1 aromatic rings. The molecule has 3 rings (SSSR count). The fourth-order valence-electron chi connectivity index (χ4n) is 3.97. The number of carbonyl (C=O) groups excluding carboxylic acids is 3. The highest BCUT2D eigenvalue weighted by atomic mass is 16.2. The Balaban J connectivity index is 1.70. The summed E-state index contributed by atoms with van der Waals surface area (Å²) in [5.74, 6) is 0.691. The summed E-state index contributed by atoms with van der Waals surface area (Å²) >= 11 is 0. The predicted molar refractivity (Wildman–Crippen MR) is 99.9 cm³/mol. The Bertz CT molecular complexity index is 699. The molecule has 2 heterocycles. The highest BCUT2D eigenvalue weighted by Crippen LogP contribution is 2.27. The summed E-state index contributed by atoms with van der Waals surface area (Å²) in [6.07, 6.45) is 1.48. The van der Waals surface area contributed by atoms with Crippen molar-refractivity contribution in [3.8, 4) is 0 Å². The molecule has 26 heavy (non-hydrogen) atoms. The molecule has 2 fully saturated rings. The molecule has 0 unspecified atom stereocenters. The van der Waals surface area contributed by atoms with Gasteiger partial charge in [-0.05, 0) is 36.6 Å². The fraction of sp³-hybridized carbons (Fsp3) is 0.550. The molecule has 0 saturated carbocycles. The second-order valence-electron chi connectivity index (χ2n) is 7.62. The normalized spacial score (nSPS) is 23.0. The molecule has 2 atom stereocenters. The van der Waals surface area contributed by atoms with Crippen molar-refractivity contribution >= 4 is 23.4 Å². The van der Waals surface area contributed by atoms with Crippen LogP contribution < -0.4 is 10.2 Å². The second kappa shape index (κ2) is 7.48. The van der Waals surface area contributed by atoms with E-state index in [1.165, 1.54) is 6.92 Å². The monoisotopic (exact) mass is 357 g/mol. The lowest BCUT2D eigenvalue weighted by molar-refractivity contribution is -0.120. The molecular weight excluding hydrogens is 330 g/mol. The molecule has 2 aliphatic rings. The van der Waals surface area contributed by atoms with Crippen LogP contribution in [0.2, 0.25) is 0 Å². The zero-order valence-corrected chi connectivity index (χ0v) is 15.7. The van der Waals surface area contributed by atoms with Gasteiger partial charge < -0.3 is 15.1 Å². The number of likely N-dealkylation sites (tertiary alicyclic amines) is 1. The minimum Gasteiger partial charge on any atom is -0.351 e. The van der Waals surface area contributed by atoms with E-state index in [4.69, 9.17) is 0 Å². The molecule has 0 aromatic heterocycles. The predicted octanol–water partition coefficient (Wildman–Crippen LogP) is 2.05. The van der Waals surface area contributed by atoms with Crippen LogP contribution in [0.4, 0.5) is 5.69 Å². The molecule has 6 heteroatoms. The zero-order chi connectivity index (χ0) is 18.8. The van der Waals surface area contributed by atoms with Gasteiger partial charge in [0.15, 0.2) is 0 Å². The summed E-state index contributed by atoms with van der Waals surface area (Å²) in [4.78, 5) is 39.8.